The maximum Gasteiger partial charge on any atom is 0.257 e. The van der Waals surface area contributed by atoms with Gasteiger partial charge in [0.25, 0.3) is 5.89 Å². The van der Waals surface area contributed by atoms with Gasteiger partial charge in [-0.15, -0.1) is 32.9 Å². The van der Waals surface area contributed by atoms with Crippen LogP contribution in [0.2, 0.25) is 0 Å². The van der Waals surface area contributed by atoms with Gasteiger partial charge in [0.05, 0.1) is 35.2 Å². The van der Waals surface area contributed by atoms with E-state index in [0.29, 0.717) is 30.6 Å². The van der Waals surface area contributed by atoms with Crippen molar-refractivity contribution in [2.75, 3.05) is 20.3 Å². The van der Waals surface area contributed by atoms with Crippen LogP contribution in [0.3, 0.4) is 0 Å². The molecule has 10 heteroatoms. The van der Waals surface area contributed by atoms with Gasteiger partial charge in [0, 0.05) is 24.1 Å². The number of methoxy groups -OCH3 is 1. The number of aromatic nitrogens is 3. The quantitative estimate of drug-likeness (QED) is 0.355. The van der Waals surface area contributed by atoms with Crippen LogP contribution in [-0.2, 0) is 22.5 Å². The topological polar surface area (TPSA) is 81.4 Å². The fourth-order valence-electron chi connectivity index (χ4n) is 3.15. The number of hydrogen-bond donors (Lipinski definition) is 0. The molecule has 0 unspecified atom stereocenters. The third-order valence-electron chi connectivity index (χ3n) is 4.68. The fourth-order valence-corrected chi connectivity index (χ4v) is 4.74. The Kier molecular flexibility index (Phi) is 7.03. The average Bonchev–Trinajstić information content (AvgIpc) is 3.53. The van der Waals surface area contributed by atoms with Crippen molar-refractivity contribution in [2.24, 2.45) is 0 Å². The number of carbonyl (C=O) groups excluding carboxylic acids is 1. The minimum absolute atomic E-state index is 0.107. The van der Waals surface area contributed by atoms with Crippen LogP contribution in [0, 0.1) is 12.7 Å². The van der Waals surface area contributed by atoms with Gasteiger partial charge in [-0.2, -0.15) is 0 Å². The number of amides is 1. The molecule has 0 aliphatic rings. The highest BCUT2D eigenvalue weighted by Gasteiger charge is 2.22. The lowest BCUT2D eigenvalue weighted by Crippen LogP contribution is -2.34. The van der Waals surface area contributed by atoms with Gasteiger partial charge in [-0.3, -0.25) is 4.79 Å². The summed E-state index contributed by atoms with van der Waals surface area (Å²) in [6.45, 7) is 2.84. The smallest absolute Gasteiger partial charge is 0.257 e. The number of thiophene rings is 1. The molecule has 0 aliphatic heterocycles. The van der Waals surface area contributed by atoms with Crippen molar-refractivity contribution >= 4 is 28.6 Å². The van der Waals surface area contributed by atoms with E-state index in [1.807, 2.05) is 24.4 Å². The third kappa shape index (κ3) is 5.26. The van der Waals surface area contributed by atoms with E-state index < -0.39 is 0 Å². The molecule has 0 aliphatic carbocycles. The molecule has 0 bridgehead atoms. The summed E-state index contributed by atoms with van der Waals surface area (Å²) in [5, 5.41) is 11.0. The predicted molar refractivity (Wildman–Crippen MR) is 121 cm³/mol. The number of rotatable bonds is 9. The molecule has 3 aromatic heterocycles. The Morgan fingerprint density at radius 3 is 2.75 bits per heavy atom. The first-order valence-corrected chi connectivity index (χ1v) is 11.6. The summed E-state index contributed by atoms with van der Waals surface area (Å²) in [6, 6.07) is 9.94. The Bertz CT molecular complexity index is 1170. The van der Waals surface area contributed by atoms with E-state index in [2.05, 4.69) is 15.2 Å². The van der Waals surface area contributed by atoms with Gasteiger partial charge in [0.1, 0.15) is 5.82 Å². The van der Waals surface area contributed by atoms with Crippen LogP contribution in [0.5, 0.6) is 0 Å². The van der Waals surface area contributed by atoms with Crippen molar-refractivity contribution in [2.45, 2.75) is 19.9 Å². The Labute approximate surface area is 192 Å². The monoisotopic (exact) mass is 472 g/mol. The number of benzene rings is 1. The van der Waals surface area contributed by atoms with Gasteiger partial charge in [-0.1, -0.05) is 6.07 Å². The van der Waals surface area contributed by atoms with E-state index in [-0.39, 0.29) is 24.7 Å². The first kappa shape index (κ1) is 22.3. The van der Waals surface area contributed by atoms with E-state index in [0.717, 1.165) is 20.3 Å². The Hall–Kier alpha value is -2.95. The highest BCUT2D eigenvalue weighted by Crippen LogP contribution is 2.29. The molecule has 3 heterocycles. The van der Waals surface area contributed by atoms with Crippen molar-refractivity contribution in [1.29, 1.82) is 0 Å². The molecule has 0 radical (unpaired) electrons. The Morgan fingerprint density at radius 2 is 2.03 bits per heavy atom. The third-order valence-corrected chi connectivity index (χ3v) is 6.51. The summed E-state index contributed by atoms with van der Waals surface area (Å²) in [4.78, 5) is 21.1. The average molecular weight is 473 g/mol. The Morgan fingerprint density at radius 1 is 1.22 bits per heavy atom. The summed E-state index contributed by atoms with van der Waals surface area (Å²) >= 11 is 2.97. The number of nitrogens with zero attached hydrogens (tertiary/aromatic N) is 4. The molecule has 7 nitrogen and oxygen atoms in total. The fraction of sp³-hybridized carbons (Fsp3) is 0.273. The second kappa shape index (κ2) is 10.1. The Balaban J connectivity index is 1.52. The van der Waals surface area contributed by atoms with Crippen molar-refractivity contribution in [3.05, 3.63) is 63.4 Å². The van der Waals surface area contributed by atoms with Crippen molar-refractivity contribution in [3.63, 3.8) is 0 Å². The van der Waals surface area contributed by atoms with E-state index in [1.54, 1.807) is 24.1 Å². The molecule has 0 N–H and O–H groups in total. The molecule has 1 amide bonds. The number of carbonyl (C=O) groups is 1. The molecule has 0 atom stereocenters. The highest BCUT2D eigenvalue weighted by molar-refractivity contribution is 7.13. The first-order chi connectivity index (χ1) is 15.5. The zero-order valence-electron chi connectivity index (χ0n) is 17.6. The minimum atomic E-state index is -0.314. The molecular formula is C22H21FN4O3S2. The first-order valence-electron chi connectivity index (χ1n) is 9.88. The molecule has 1 aromatic carbocycles. The van der Waals surface area contributed by atoms with Crippen LogP contribution < -0.4 is 0 Å². The van der Waals surface area contributed by atoms with E-state index >= 15 is 0 Å². The summed E-state index contributed by atoms with van der Waals surface area (Å²) in [7, 11) is 1.59. The molecule has 0 saturated carbocycles. The van der Waals surface area contributed by atoms with Crippen molar-refractivity contribution in [1.82, 2.24) is 20.1 Å². The van der Waals surface area contributed by atoms with Crippen LogP contribution in [0.15, 0.2) is 46.2 Å². The van der Waals surface area contributed by atoms with Crippen LogP contribution in [0.1, 0.15) is 15.8 Å². The number of hydrogen-bond acceptors (Lipinski definition) is 8. The summed E-state index contributed by atoms with van der Waals surface area (Å²) < 4.78 is 24.3. The van der Waals surface area contributed by atoms with Crippen molar-refractivity contribution < 1.29 is 18.3 Å². The van der Waals surface area contributed by atoms with E-state index in [1.165, 1.54) is 34.8 Å². The number of halogens is 1. The standard InChI is InChI=1S/C22H21FN4O3S2/c1-14-24-21(15-5-7-16(23)8-6-15)18(32-14)12-20(28)27(9-10-29-2)13-19-25-26-22(30-19)17-4-3-11-31-17/h3-8,11H,9-10,12-13H2,1-2H3. The van der Waals surface area contributed by atoms with E-state index in [4.69, 9.17) is 9.15 Å². The van der Waals surface area contributed by atoms with Gasteiger partial charge < -0.3 is 14.1 Å². The normalized spacial score (nSPS) is 11.1. The largest absolute Gasteiger partial charge is 0.418 e. The van der Waals surface area contributed by atoms with Gasteiger partial charge >= 0.3 is 0 Å². The molecule has 166 valence electrons. The molecule has 4 aromatic rings. The molecule has 4 rings (SSSR count). The second-order valence-electron chi connectivity index (χ2n) is 6.97. The molecular weight excluding hydrogens is 451 g/mol. The number of aryl methyl sites for hydroxylation is 1. The van der Waals surface area contributed by atoms with Crippen LogP contribution >= 0.6 is 22.7 Å². The maximum atomic E-state index is 13.3. The lowest BCUT2D eigenvalue weighted by molar-refractivity contribution is -0.132. The number of thiazole rings is 1. The zero-order valence-corrected chi connectivity index (χ0v) is 19.2. The maximum absolute atomic E-state index is 13.3. The van der Waals surface area contributed by atoms with Gasteiger partial charge in [0.15, 0.2) is 0 Å². The van der Waals surface area contributed by atoms with Crippen molar-refractivity contribution in [3.8, 4) is 22.0 Å². The van der Waals surface area contributed by atoms with Gasteiger partial charge in [-0.25, -0.2) is 9.37 Å². The molecule has 32 heavy (non-hydrogen) atoms. The van der Waals surface area contributed by atoms with E-state index in [9.17, 15) is 9.18 Å². The summed E-state index contributed by atoms with van der Waals surface area (Å²) in [6.07, 6.45) is 0.161. The summed E-state index contributed by atoms with van der Waals surface area (Å²) in [5.41, 5.74) is 1.48. The molecule has 0 spiro atoms. The summed E-state index contributed by atoms with van der Waals surface area (Å²) in [5.74, 6) is 0.374. The lowest BCUT2D eigenvalue weighted by atomic mass is 10.1. The van der Waals surface area contributed by atoms with Gasteiger partial charge in [0.2, 0.25) is 11.8 Å². The highest BCUT2D eigenvalue weighted by atomic mass is 32.1. The minimum Gasteiger partial charge on any atom is -0.418 e. The second-order valence-corrected chi connectivity index (χ2v) is 9.21. The molecule has 0 fully saturated rings. The SMILES string of the molecule is COCCN(Cc1nnc(-c2cccs2)o1)C(=O)Cc1sc(C)nc1-c1ccc(F)cc1. The van der Waals surface area contributed by atoms with Crippen LogP contribution in [0.4, 0.5) is 4.39 Å². The zero-order chi connectivity index (χ0) is 22.5. The van der Waals surface area contributed by atoms with Gasteiger partial charge in [-0.05, 0) is 42.6 Å². The van der Waals surface area contributed by atoms with Crippen LogP contribution in [0.25, 0.3) is 22.0 Å². The lowest BCUT2D eigenvalue weighted by Gasteiger charge is -2.20. The predicted octanol–water partition coefficient (Wildman–Crippen LogP) is 4.59. The van der Waals surface area contributed by atoms with Crippen LogP contribution in [-0.4, -0.2) is 46.2 Å². The number of ether oxygens (including phenoxy) is 1. The molecule has 0 saturated heterocycles.